The molecule has 0 radical (unpaired) electrons. The fourth-order valence-electron chi connectivity index (χ4n) is 2.38. The van der Waals surface area contributed by atoms with Gasteiger partial charge < -0.3 is 0 Å². The maximum Gasteiger partial charge on any atom is 0.0958 e. The first-order chi connectivity index (χ1) is 7.40. The first kappa shape index (κ1) is 11.1. The van der Waals surface area contributed by atoms with Crippen molar-refractivity contribution in [2.75, 3.05) is 0 Å². The Hall–Kier alpha value is -0.370. The minimum absolute atomic E-state index is 0.774. The molecule has 1 nitrogen and oxygen atoms in total. The fraction of sp³-hybridized carbons (Fsp3) is 0.769. The zero-order valence-electron chi connectivity index (χ0n) is 9.67. The fourth-order valence-corrected chi connectivity index (χ4v) is 3.40. The summed E-state index contributed by atoms with van der Waals surface area (Å²) in [5, 5.41) is 1.41. The van der Waals surface area contributed by atoms with Crippen LogP contribution in [0.3, 0.4) is 0 Å². The van der Waals surface area contributed by atoms with Gasteiger partial charge in [0, 0.05) is 17.0 Å². The third-order valence-corrected chi connectivity index (χ3v) is 4.68. The lowest BCUT2D eigenvalue weighted by Gasteiger charge is -2.17. The van der Waals surface area contributed by atoms with E-state index in [-0.39, 0.29) is 0 Å². The molecule has 0 unspecified atom stereocenters. The molecule has 1 saturated carbocycles. The zero-order valence-corrected chi connectivity index (χ0v) is 10.5. The Morgan fingerprint density at radius 2 is 1.87 bits per heavy atom. The largest absolute Gasteiger partial charge is 0.249 e. The molecule has 15 heavy (non-hydrogen) atoms. The van der Waals surface area contributed by atoms with Gasteiger partial charge in [-0.2, -0.15) is 0 Å². The van der Waals surface area contributed by atoms with Crippen LogP contribution in [0.1, 0.15) is 67.7 Å². The molecule has 0 N–H and O–H groups in total. The van der Waals surface area contributed by atoms with Crippen molar-refractivity contribution < 1.29 is 0 Å². The van der Waals surface area contributed by atoms with Crippen molar-refractivity contribution in [3.8, 4) is 0 Å². The second-order valence-electron chi connectivity index (χ2n) is 4.56. The molecule has 0 atom stereocenters. The molecular formula is C13H21NS. The van der Waals surface area contributed by atoms with Crippen LogP contribution in [-0.4, -0.2) is 4.98 Å². The van der Waals surface area contributed by atoms with Crippen LogP contribution in [0.15, 0.2) is 6.20 Å². The van der Waals surface area contributed by atoms with Crippen molar-refractivity contribution in [3.63, 3.8) is 0 Å². The Kier molecular flexibility index (Phi) is 4.18. The lowest BCUT2D eigenvalue weighted by molar-refractivity contribution is 0.454. The highest BCUT2D eigenvalue weighted by Crippen LogP contribution is 2.33. The Balaban J connectivity index is 2.00. The van der Waals surface area contributed by atoms with Crippen molar-refractivity contribution in [2.45, 2.75) is 64.2 Å². The van der Waals surface area contributed by atoms with Crippen molar-refractivity contribution in [2.24, 2.45) is 0 Å². The molecule has 1 heterocycles. The number of rotatable bonds is 2. The van der Waals surface area contributed by atoms with E-state index in [1.807, 2.05) is 11.3 Å². The van der Waals surface area contributed by atoms with Gasteiger partial charge in [0.25, 0.3) is 0 Å². The predicted molar refractivity (Wildman–Crippen MR) is 66.6 cm³/mol. The summed E-state index contributed by atoms with van der Waals surface area (Å²) < 4.78 is 0. The highest BCUT2D eigenvalue weighted by atomic mass is 32.1. The average Bonchev–Trinajstić information content (AvgIpc) is 2.65. The number of hydrogen-bond acceptors (Lipinski definition) is 2. The minimum atomic E-state index is 0.774. The minimum Gasteiger partial charge on any atom is -0.249 e. The van der Waals surface area contributed by atoms with Gasteiger partial charge in [-0.05, 0) is 19.3 Å². The number of aryl methyl sites for hydroxylation is 1. The number of thiazole rings is 1. The van der Waals surface area contributed by atoms with Crippen LogP contribution in [-0.2, 0) is 6.42 Å². The molecule has 0 aromatic carbocycles. The lowest BCUT2D eigenvalue weighted by atomic mass is 9.92. The van der Waals surface area contributed by atoms with E-state index in [1.54, 1.807) is 0 Å². The number of aromatic nitrogens is 1. The summed E-state index contributed by atoms with van der Waals surface area (Å²) in [6, 6.07) is 0. The van der Waals surface area contributed by atoms with Crippen molar-refractivity contribution in [3.05, 3.63) is 16.1 Å². The molecule has 0 saturated heterocycles. The normalized spacial score (nSPS) is 19.8. The molecule has 0 amide bonds. The molecular weight excluding hydrogens is 202 g/mol. The van der Waals surface area contributed by atoms with Gasteiger partial charge in [0.05, 0.1) is 5.01 Å². The molecule has 1 aromatic rings. The molecule has 1 fully saturated rings. The van der Waals surface area contributed by atoms with E-state index in [0.29, 0.717) is 0 Å². The summed E-state index contributed by atoms with van der Waals surface area (Å²) >= 11 is 1.94. The molecule has 1 aliphatic carbocycles. The van der Waals surface area contributed by atoms with Gasteiger partial charge in [0.15, 0.2) is 0 Å². The first-order valence-corrected chi connectivity index (χ1v) is 7.16. The SMILES string of the molecule is CCc1cnc(C2CCCCCCC2)s1. The Bertz CT molecular complexity index is 284. The standard InChI is InChI=1S/C13H21NS/c1-2-12-10-14-13(15-12)11-8-6-4-3-5-7-9-11/h10-11H,2-9H2,1H3. The molecule has 0 bridgehead atoms. The Morgan fingerprint density at radius 3 is 2.47 bits per heavy atom. The van der Waals surface area contributed by atoms with E-state index in [0.717, 1.165) is 12.3 Å². The molecule has 2 heteroatoms. The first-order valence-electron chi connectivity index (χ1n) is 6.34. The summed E-state index contributed by atoms with van der Waals surface area (Å²) in [6.45, 7) is 2.22. The van der Waals surface area contributed by atoms with Crippen LogP contribution in [0.2, 0.25) is 0 Å². The summed E-state index contributed by atoms with van der Waals surface area (Å²) in [5.41, 5.74) is 0. The van der Waals surface area contributed by atoms with Gasteiger partial charge in [-0.15, -0.1) is 11.3 Å². The summed E-state index contributed by atoms with van der Waals surface area (Å²) in [7, 11) is 0. The molecule has 0 spiro atoms. The van der Waals surface area contributed by atoms with Crippen LogP contribution in [0.4, 0.5) is 0 Å². The average molecular weight is 223 g/mol. The van der Waals surface area contributed by atoms with E-state index in [9.17, 15) is 0 Å². The maximum absolute atomic E-state index is 4.60. The van der Waals surface area contributed by atoms with E-state index in [4.69, 9.17) is 0 Å². The third-order valence-electron chi connectivity index (χ3n) is 3.37. The van der Waals surface area contributed by atoms with Crippen LogP contribution in [0, 0.1) is 0 Å². The quantitative estimate of drug-likeness (QED) is 0.717. The molecule has 0 aliphatic heterocycles. The Labute approximate surface area is 96.9 Å². The predicted octanol–water partition coefficient (Wildman–Crippen LogP) is 4.53. The van der Waals surface area contributed by atoms with Gasteiger partial charge in [0.1, 0.15) is 0 Å². The van der Waals surface area contributed by atoms with Gasteiger partial charge in [-0.3, -0.25) is 0 Å². The monoisotopic (exact) mass is 223 g/mol. The van der Waals surface area contributed by atoms with Crippen molar-refractivity contribution >= 4 is 11.3 Å². The van der Waals surface area contributed by atoms with E-state index in [1.165, 1.54) is 54.8 Å². The van der Waals surface area contributed by atoms with Crippen LogP contribution in [0.25, 0.3) is 0 Å². The number of hydrogen-bond donors (Lipinski definition) is 0. The van der Waals surface area contributed by atoms with Crippen LogP contribution < -0.4 is 0 Å². The van der Waals surface area contributed by atoms with Crippen molar-refractivity contribution in [1.82, 2.24) is 4.98 Å². The van der Waals surface area contributed by atoms with E-state index < -0.39 is 0 Å². The lowest BCUT2D eigenvalue weighted by Crippen LogP contribution is -2.01. The summed E-state index contributed by atoms with van der Waals surface area (Å²) in [4.78, 5) is 6.05. The Morgan fingerprint density at radius 1 is 1.20 bits per heavy atom. The highest BCUT2D eigenvalue weighted by molar-refractivity contribution is 7.11. The topological polar surface area (TPSA) is 12.9 Å². The van der Waals surface area contributed by atoms with Crippen LogP contribution >= 0.6 is 11.3 Å². The molecule has 1 aromatic heterocycles. The summed E-state index contributed by atoms with van der Waals surface area (Å²) in [5.74, 6) is 0.774. The van der Waals surface area contributed by atoms with Crippen LogP contribution in [0.5, 0.6) is 0 Å². The van der Waals surface area contributed by atoms with Gasteiger partial charge >= 0.3 is 0 Å². The third kappa shape index (κ3) is 3.04. The van der Waals surface area contributed by atoms with E-state index in [2.05, 4.69) is 18.1 Å². The second kappa shape index (κ2) is 5.64. The van der Waals surface area contributed by atoms with Crippen molar-refractivity contribution in [1.29, 1.82) is 0 Å². The van der Waals surface area contributed by atoms with Gasteiger partial charge in [0.2, 0.25) is 0 Å². The van der Waals surface area contributed by atoms with Gasteiger partial charge in [-0.25, -0.2) is 4.98 Å². The summed E-state index contributed by atoms with van der Waals surface area (Å²) in [6.07, 6.45) is 13.1. The number of nitrogens with zero attached hydrogens (tertiary/aromatic N) is 1. The second-order valence-corrected chi connectivity index (χ2v) is 5.71. The van der Waals surface area contributed by atoms with Gasteiger partial charge in [-0.1, -0.05) is 39.0 Å². The van der Waals surface area contributed by atoms with E-state index >= 15 is 0 Å². The smallest absolute Gasteiger partial charge is 0.0958 e. The molecule has 1 aliphatic rings. The molecule has 2 rings (SSSR count). The highest BCUT2D eigenvalue weighted by Gasteiger charge is 2.16. The molecule has 84 valence electrons. The zero-order chi connectivity index (χ0) is 10.5. The maximum atomic E-state index is 4.60.